The molecule has 1 aliphatic rings. The van der Waals surface area contributed by atoms with E-state index in [9.17, 15) is 4.79 Å². The summed E-state index contributed by atoms with van der Waals surface area (Å²) in [6, 6.07) is 3.94. The minimum atomic E-state index is 0.123. The van der Waals surface area contributed by atoms with Gasteiger partial charge in [0.05, 0.1) is 23.8 Å². The number of ether oxygens (including phenoxy) is 1. The Morgan fingerprint density at radius 1 is 1.39 bits per heavy atom. The van der Waals surface area contributed by atoms with Gasteiger partial charge in [0, 0.05) is 43.3 Å². The second-order valence-electron chi connectivity index (χ2n) is 5.63. The van der Waals surface area contributed by atoms with Crippen LogP contribution in [-0.2, 0) is 11.3 Å². The number of hydrogen-bond acceptors (Lipinski definition) is 6. The van der Waals surface area contributed by atoms with Crippen molar-refractivity contribution in [3.05, 3.63) is 45.9 Å². The number of hydrogen-bond donors (Lipinski definition) is 0. The van der Waals surface area contributed by atoms with Crippen LogP contribution in [0.4, 0.5) is 0 Å². The molecule has 23 heavy (non-hydrogen) atoms. The van der Waals surface area contributed by atoms with Crippen molar-refractivity contribution in [3.8, 4) is 0 Å². The third-order valence-corrected chi connectivity index (χ3v) is 5.76. The molecule has 3 aromatic heterocycles. The summed E-state index contributed by atoms with van der Waals surface area (Å²) in [5.41, 5.74) is 1.05. The van der Waals surface area contributed by atoms with E-state index in [-0.39, 0.29) is 11.8 Å². The molecule has 120 valence electrons. The molecule has 1 saturated heterocycles. The van der Waals surface area contributed by atoms with Crippen LogP contribution in [0.25, 0.3) is 4.96 Å². The van der Waals surface area contributed by atoms with E-state index in [1.165, 1.54) is 11.3 Å². The molecule has 0 bridgehead atoms. The molecule has 1 fully saturated rings. The largest absolute Gasteiger partial charge is 0.378 e. The van der Waals surface area contributed by atoms with Gasteiger partial charge in [0.25, 0.3) is 0 Å². The maximum atomic E-state index is 12.4. The summed E-state index contributed by atoms with van der Waals surface area (Å²) >= 11 is 3.14. The highest BCUT2D eigenvalue weighted by molar-refractivity contribution is 7.15. The van der Waals surface area contributed by atoms with E-state index >= 15 is 0 Å². The van der Waals surface area contributed by atoms with Gasteiger partial charge in [0.2, 0.25) is 0 Å². The van der Waals surface area contributed by atoms with Gasteiger partial charge < -0.3 is 4.74 Å². The van der Waals surface area contributed by atoms with Crippen molar-refractivity contribution in [2.45, 2.75) is 19.0 Å². The standard InChI is InChI=1S/C16H17N3O2S2/c20-14(15-2-1-6-22-15)8-13-11-21-5-3-18(13)9-12-10-19-4-7-23-16(19)17-12/h1-2,4,6-7,10,13H,3,5,8-9,11H2. The van der Waals surface area contributed by atoms with E-state index in [0.717, 1.165) is 28.6 Å². The molecule has 3 aromatic rings. The monoisotopic (exact) mass is 347 g/mol. The van der Waals surface area contributed by atoms with E-state index in [2.05, 4.69) is 16.1 Å². The van der Waals surface area contributed by atoms with Gasteiger partial charge in [-0.3, -0.25) is 14.1 Å². The van der Waals surface area contributed by atoms with Crippen LogP contribution < -0.4 is 0 Å². The average molecular weight is 347 g/mol. The molecule has 1 aliphatic heterocycles. The van der Waals surface area contributed by atoms with E-state index in [1.54, 1.807) is 11.3 Å². The summed E-state index contributed by atoms with van der Waals surface area (Å²) < 4.78 is 7.65. The average Bonchev–Trinajstić information content (AvgIpc) is 3.25. The maximum absolute atomic E-state index is 12.4. The Morgan fingerprint density at radius 3 is 3.17 bits per heavy atom. The number of Topliss-reactive ketones (excluding diaryl/α,β-unsaturated/α-hetero) is 1. The number of carbonyl (C=O) groups excluding carboxylic acids is 1. The molecule has 0 spiro atoms. The number of thiazole rings is 1. The van der Waals surface area contributed by atoms with Gasteiger partial charge in [-0.25, -0.2) is 4.98 Å². The number of carbonyl (C=O) groups is 1. The number of ketones is 1. The van der Waals surface area contributed by atoms with Crippen LogP contribution in [-0.4, -0.2) is 45.9 Å². The van der Waals surface area contributed by atoms with Gasteiger partial charge in [-0.1, -0.05) is 6.07 Å². The molecule has 1 atom stereocenters. The third kappa shape index (κ3) is 3.23. The fraction of sp³-hybridized carbons (Fsp3) is 0.375. The highest BCUT2D eigenvalue weighted by atomic mass is 32.1. The van der Waals surface area contributed by atoms with Crippen LogP contribution in [0.2, 0.25) is 0 Å². The fourth-order valence-corrected chi connectivity index (χ4v) is 4.29. The van der Waals surface area contributed by atoms with Gasteiger partial charge in [0.1, 0.15) is 0 Å². The Bertz CT molecular complexity index is 765. The second kappa shape index (κ2) is 6.52. The Labute approximate surface area is 142 Å². The van der Waals surface area contributed by atoms with Gasteiger partial charge in [-0.15, -0.1) is 22.7 Å². The van der Waals surface area contributed by atoms with E-state index in [4.69, 9.17) is 4.74 Å². The minimum absolute atomic E-state index is 0.123. The van der Waals surface area contributed by atoms with Gasteiger partial charge >= 0.3 is 0 Å². The van der Waals surface area contributed by atoms with Crippen LogP contribution in [0.15, 0.2) is 35.3 Å². The SMILES string of the molecule is O=C(CC1COCCN1Cc1cn2ccsc2n1)c1cccs1. The molecular formula is C16H17N3O2S2. The predicted molar refractivity (Wildman–Crippen MR) is 91.4 cm³/mol. The number of nitrogens with zero attached hydrogens (tertiary/aromatic N) is 3. The summed E-state index contributed by atoms with van der Waals surface area (Å²) in [6.45, 7) is 2.93. The van der Waals surface area contributed by atoms with E-state index in [1.807, 2.05) is 33.5 Å². The second-order valence-corrected chi connectivity index (χ2v) is 7.45. The van der Waals surface area contributed by atoms with Crippen molar-refractivity contribution < 1.29 is 9.53 Å². The number of rotatable bonds is 5. The topological polar surface area (TPSA) is 46.8 Å². The molecule has 0 N–H and O–H groups in total. The normalized spacial score (nSPS) is 19.4. The zero-order valence-electron chi connectivity index (χ0n) is 12.6. The van der Waals surface area contributed by atoms with Gasteiger partial charge in [-0.05, 0) is 11.4 Å². The van der Waals surface area contributed by atoms with Crippen LogP contribution in [0.1, 0.15) is 21.8 Å². The number of aromatic nitrogens is 2. The maximum Gasteiger partial charge on any atom is 0.193 e. The van der Waals surface area contributed by atoms with Crippen molar-refractivity contribution >= 4 is 33.4 Å². The minimum Gasteiger partial charge on any atom is -0.378 e. The third-order valence-electron chi connectivity index (χ3n) is 4.07. The van der Waals surface area contributed by atoms with Crippen molar-refractivity contribution in [3.63, 3.8) is 0 Å². The van der Waals surface area contributed by atoms with E-state index < -0.39 is 0 Å². The molecule has 0 amide bonds. The molecule has 0 saturated carbocycles. The lowest BCUT2D eigenvalue weighted by atomic mass is 10.1. The molecule has 7 heteroatoms. The Morgan fingerprint density at radius 2 is 2.35 bits per heavy atom. The van der Waals surface area contributed by atoms with Crippen LogP contribution in [0.5, 0.6) is 0 Å². The first-order chi connectivity index (χ1) is 11.3. The zero-order chi connectivity index (χ0) is 15.6. The number of thiophene rings is 1. The summed E-state index contributed by atoms with van der Waals surface area (Å²) in [5, 5.41) is 3.98. The number of fused-ring (bicyclic) bond motifs is 1. The van der Waals surface area contributed by atoms with Crippen molar-refractivity contribution in [1.82, 2.24) is 14.3 Å². The molecule has 1 unspecified atom stereocenters. The zero-order valence-corrected chi connectivity index (χ0v) is 14.2. The number of morpholine rings is 1. The lowest BCUT2D eigenvalue weighted by molar-refractivity contribution is -0.0130. The van der Waals surface area contributed by atoms with Crippen LogP contribution in [0.3, 0.4) is 0 Å². The molecule has 0 aliphatic carbocycles. The molecule has 4 heterocycles. The van der Waals surface area contributed by atoms with E-state index in [0.29, 0.717) is 19.6 Å². The van der Waals surface area contributed by atoms with Crippen molar-refractivity contribution in [2.24, 2.45) is 0 Å². The van der Waals surface area contributed by atoms with Gasteiger partial charge in [-0.2, -0.15) is 0 Å². The van der Waals surface area contributed by atoms with Crippen LogP contribution in [0, 0.1) is 0 Å². The Hall–Kier alpha value is -1.54. The summed E-state index contributed by atoms with van der Waals surface area (Å²) in [5.74, 6) is 0.200. The molecular weight excluding hydrogens is 330 g/mol. The highest BCUT2D eigenvalue weighted by Crippen LogP contribution is 2.20. The lowest BCUT2D eigenvalue weighted by Gasteiger charge is -2.34. The van der Waals surface area contributed by atoms with Crippen molar-refractivity contribution in [1.29, 1.82) is 0 Å². The molecule has 0 radical (unpaired) electrons. The van der Waals surface area contributed by atoms with Gasteiger partial charge in [0.15, 0.2) is 10.7 Å². The lowest BCUT2D eigenvalue weighted by Crippen LogP contribution is -2.45. The fourth-order valence-electron chi connectivity index (χ4n) is 2.90. The van der Waals surface area contributed by atoms with Crippen molar-refractivity contribution in [2.75, 3.05) is 19.8 Å². The molecule has 0 aromatic carbocycles. The summed E-state index contributed by atoms with van der Waals surface area (Å²) in [4.78, 5) is 21.2. The first-order valence-corrected chi connectivity index (χ1v) is 9.35. The Balaban J connectivity index is 1.46. The molecule has 5 nitrogen and oxygen atoms in total. The highest BCUT2D eigenvalue weighted by Gasteiger charge is 2.26. The van der Waals surface area contributed by atoms with Crippen LogP contribution >= 0.6 is 22.7 Å². The Kier molecular flexibility index (Phi) is 4.26. The first-order valence-electron chi connectivity index (χ1n) is 7.59. The quantitative estimate of drug-likeness (QED) is 0.666. The first kappa shape index (κ1) is 15.0. The predicted octanol–water partition coefficient (Wildman–Crippen LogP) is 2.93. The smallest absolute Gasteiger partial charge is 0.193 e. The summed E-state index contributed by atoms with van der Waals surface area (Å²) in [6.07, 6.45) is 4.59. The molecule has 4 rings (SSSR count). The summed E-state index contributed by atoms with van der Waals surface area (Å²) in [7, 11) is 0. The number of imidazole rings is 1.